The van der Waals surface area contributed by atoms with Crippen molar-refractivity contribution in [3.8, 4) is 0 Å². The molecule has 0 unspecified atom stereocenters. The first-order valence-corrected chi connectivity index (χ1v) is 4.83. The first-order valence-electron chi connectivity index (χ1n) is 3.28. The van der Waals surface area contributed by atoms with Crippen molar-refractivity contribution in [2.75, 3.05) is 7.05 Å². The summed E-state index contributed by atoms with van der Waals surface area (Å²) in [5.41, 5.74) is 0.117. The number of furan rings is 1. The standard InChI is InChI=1S/C6H8N2O4S/c1-8-6(9)4-2-5(12-3-4)13(7,10)11/h2-3H,1H3,(H,8,9)(H2,7,10,11). The topological polar surface area (TPSA) is 102 Å². The summed E-state index contributed by atoms with van der Waals surface area (Å²) >= 11 is 0. The van der Waals surface area contributed by atoms with Gasteiger partial charge in [0.15, 0.2) is 0 Å². The van der Waals surface area contributed by atoms with Gasteiger partial charge in [0.2, 0.25) is 5.09 Å². The Labute approximate surface area is 74.8 Å². The Morgan fingerprint density at radius 2 is 2.23 bits per heavy atom. The third-order valence-electron chi connectivity index (χ3n) is 1.35. The molecule has 72 valence electrons. The van der Waals surface area contributed by atoms with Crippen molar-refractivity contribution in [1.82, 2.24) is 5.32 Å². The van der Waals surface area contributed by atoms with E-state index in [1.54, 1.807) is 0 Å². The minimum absolute atomic E-state index is 0.117. The summed E-state index contributed by atoms with van der Waals surface area (Å²) in [6.45, 7) is 0. The normalized spacial score (nSPS) is 11.2. The molecular weight excluding hydrogens is 196 g/mol. The fraction of sp³-hybridized carbons (Fsp3) is 0.167. The quantitative estimate of drug-likeness (QED) is 0.664. The van der Waals surface area contributed by atoms with Crippen molar-refractivity contribution in [3.05, 3.63) is 17.9 Å². The number of nitrogens with one attached hydrogen (secondary N) is 1. The molecule has 0 spiro atoms. The van der Waals surface area contributed by atoms with E-state index in [1.165, 1.54) is 7.05 Å². The lowest BCUT2D eigenvalue weighted by atomic mass is 10.3. The molecule has 1 aromatic rings. The van der Waals surface area contributed by atoms with Crippen molar-refractivity contribution < 1.29 is 17.6 Å². The van der Waals surface area contributed by atoms with Crippen LogP contribution in [-0.4, -0.2) is 21.4 Å². The molecule has 0 bridgehead atoms. The molecule has 3 N–H and O–H groups in total. The molecule has 1 heterocycles. The smallest absolute Gasteiger partial charge is 0.271 e. The predicted molar refractivity (Wildman–Crippen MR) is 43.5 cm³/mol. The summed E-state index contributed by atoms with van der Waals surface area (Å²) in [5.74, 6) is -0.432. The van der Waals surface area contributed by atoms with E-state index in [-0.39, 0.29) is 5.56 Å². The number of primary sulfonamides is 1. The number of carbonyl (C=O) groups excluding carboxylic acids is 1. The number of nitrogens with two attached hydrogens (primary N) is 1. The van der Waals surface area contributed by atoms with E-state index in [4.69, 9.17) is 5.14 Å². The summed E-state index contributed by atoms with van der Waals surface area (Å²) < 4.78 is 26.0. The van der Waals surface area contributed by atoms with Crippen molar-refractivity contribution in [2.45, 2.75) is 5.09 Å². The van der Waals surface area contributed by atoms with E-state index in [9.17, 15) is 13.2 Å². The SMILES string of the molecule is CNC(=O)c1coc(S(N)(=O)=O)c1. The number of hydrogen-bond acceptors (Lipinski definition) is 4. The van der Waals surface area contributed by atoms with E-state index in [0.29, 0.717) is 0 Å². The summed E-state index contributed by atoms with van der Waals surface area (Å²) in [7, 11) is -2.45. The Bertz CT molecular complexity index is 420. The van der Waals surface area contributed by atoms with E-state index >= 15 is 0 Å². The lowest BCUT2D eigenvalue weighted by Crippen LogP contribution is -2.17. The highest BCUT2D eigenvalue weighted by Crippen LogP contribution is 2.11. The first kappa shape index (κ1) is 9.75. The molecule has 7 heteroatoms. The molecule has 0 atom stereocenters. The maximum absolute atomic E-state index is 10.9. The lowest BCUT2D eigenvalue weighted by Gasteiger charge is -1.90. The van der Waals surface area contributed by atoms with Crippen LogP contribution in [0.4, 0.5) is 0 Å². The highest BCUT2D eigenvalue weighted by molar-refractivity contribution is 7.89. The number of amides is 1. The number of sulfonamides is 1. The van der Waals surface area contributed by atoms with Crippen LogP contribution >= 0.6 is 0 Å². The molecule has 1 amide bonds. The minimum atomic E-state index is -3.87. The van der Waals surface area contributed by atoms with E-state index in [0.717, 1.165) is 12.3 Å². The van der Waals surface area contributed by atoms with Crippen LogP contribution in [0.15, 0.2) is 21.8 Å². The Kier molecular flexibility index (Phi) is 2.39. The molecule has 6 nitrogen and oxygen atoms in total. The van der Waals surface area contributed by atoms with Crippen molar-refractivity contribution >= 4 is 15.9 Å². The molecule has 1 rings (SSSR count). The first-order chi connectivity index (χ1) is 5.95. The second kappa shape index (κ2) is 3.19. The average Bonchev–Trinajstić information content (AvgIpc) is 2.50. The summed E-state index contributed by atoms with van der Waals surface area (Å²) in [6, 6.07) is 1.06. The van der Waals surface area contributed by atoms with Crippen LogP contribution in [0.1, 0.15) is 10.4 Å². The van der Waals surface area contributed by atoms with Crippen molar-refractivity contribution in [3.63, 3.8) is 0 Å². The monoisotopic (exact) mass is 204 g/mol. The largest absolute Gasteiger partial charge is 0.451 e. The molecule has 0 radical (unpaired) electrons. The third-order valence-corrected chi connectivity index (χ3v) is 2.12. The average molecular weight is 204 g/mol. The minimum Gasteiger partial charge on any atom is -0.451 e. The molecule has 0 aliphatic carbocycles. The molecule has 0 aromatic carbocycles. The summed E-state index contributed by atoms with van der Waals surface area (Å²) in [6.07, 6.45) is 1.03. The van der Waals surface area contributed by atoms with Crippen molar-refractivity contribution in [1.29, 1.82) is 0 Å². The van der Waals surface area contributed by atoms with E-state index in [2.05, 4.69) is 9.73 Å². The fourth-order valence-electron chi connectivity index (χ4n) is 0.729. The summed E-state index contributed by atoms with van der Waals surface area (Å²) in [5, 5.41) is 6.65. The third kappa shape index (κ3) is 2.07. The van der Waals surface area contributed by atoms with Gasteiger partial charge in [0.1, 0.15) is 6.26 Å². The predicted octanol–water partition coefficient (Wildman–Crippen LogP) is -0.713. The zero-order valence-corrected chi connectivity index (χ0v) is 7.59. The number of rotatable bonds is 2. The second-order valence-corrected chi connectivity index (χ2v) is 3.77. The maximum Gasteiger partial charge on any atom is 0.271 e. The molecule has 13 heavy (non-hydrogen) atoms. The van der Waals surface area contributed by atoms with E-state index in [1.807, 2.05) is 0 Å². The summed E-state index contributed by atoms with van der Waals surface area (Å²) in [4.78, 5) is 10.9. The van der Waals surface area contributed by atoms with Crippen LogP contribution < -0.4 is 10.5 Å². The van der Waals surface area contributed by atoms with Gasteiger partial charge in [-0.15, -0.1) is 0 Å². The Hall–Kier alpha value is -1.34. The van der Waals surface area contributed by atoms with Crippen molar-refractivity contribution in [2.24, 2.45) is 5.14 Å². The zero-order valence-electron chi connectivity index (χ0n) is 6.77. The zero-order chi connectivity index (χ0) is 10.1. The highest BCUT2D eigenvalue weighted by atomic mass is 32.2. The van der Waals surface area contributed by atoms with Gasteiger partial charge < -0.3 is 9.73 Å². The molecule has 0 fully saturated rings. The Morgan fingerprint density at radius 1 is 1.62 bits per heavy atom. The van der Waals surface area contributed by atoms with Gasteiger partial charge in [-0.25, -0.2) is 13.6 Å². The molecule has 1 aromatic heterocycles. The van der Waals surface area contributed by atoms with Crippen LogP contribution in [-0.2, 0) is 10.0 Å². The number of carbonyl (C=O) groups is 1. The van der Waals surface area contributed by atoms with Crippen LogP contribution in [0.25, 0.3) is 0 Å². The van der Waals surface area contributed by atoms with Crippen LogP contribution in [0.2, 0.25) is 0 Å². The molecular formula is C6H8N2O4S. The van der Waals surface area contributed by atoms with Gasteiger partial charge in [0, 0.05) is 13.1 Å². The van der Waals surface area contributed by atoms with Gasteiger partial charge in [-0.05, 0) is 0 Å². The van der Waals surface area contributed by atoms with E-state index < -0.39 is 21.0 Å². The molecule has 0 aliphatic rings. The molecule has 0 saturated heterocycles. The highest BCUT2D eigenvalue weighted by Gasteiger charge is 2.15. The molecule has 0 aliphatic heterocycles. The molecule has 0 saturated carbocycles. The van der Waals surface area contributed by atoms with Crippen LogP contribution in [0.3, 0.4) is 0 Å². The Balaban J connectivity index is 3.07. The van der Waals surface area contributed by atoms with Crippen LogP contribution in [0, 0.1) is 0 Å². The fourth-order valence-corrected chi connectivity index (χ4v) is 1.20. The van der Waals surface area contributed by atoms with Gasteiger partial charge in [-0.1, -0.05) is 0 Å². The number of hydrogen-bond donors (Lipinski definition) is 2. The van der Waals surface area contributed by atoms with Crippen LogP contribution in [0.5, 0.6) is 0 Å². The second-order valence-electron chi connectivity index (χ2n) is 2.28. The van der Waals surface area contributed by atoms with Gasteiger partial charge in [-0.3, -0.25) is 4.79 Å². The van der Waals surface area contributed by atoms with Gasteiger partial charge >= 0.3 is 0 Å². The lowest BCUT2D eigenvalue weighted by molar-refractivity contribution is 0.0962. The maximum atomic E-state index is 10.9. The van der Waals surface area contributed by atoms with Gasteiger partial charge in [0.25, 0.3) is 15.9 Å². The Morgan fingerprint density at radius 3 is 2.62 bits per heavy atom. The van der Waals surface area contributed by atoms with Gasteiger partial charge in [-0.2, -0.15) is 0 Å². The van der Waals surface area contributed by atoms with Gasteiger partial charge in [0.05, 0.1) is 5.56 Å².